The standard InChI is InChI=1S/C29H39N3O3/c1-3-4-20-35-25-11-8-23(9-12-25)28(33)30-24-10-13-27(31-18-14-22(2)15-19-31)26(21-24)29(34)32-16-6-5-7-17-32/h8-13,21-22H,3-7,14-20H2,1-2H3,(H,30,33). The molecule has 0 unspecified atom stereocenters. The predicted molar refractivity (Wildman–Crippen MR) is 142 cm³/mol. The summed E-state index contributed by atoms with van der Waals surface area (Å²) in [6.07, 6.45) is 7.64. The van der Waals surface area contributed by atoms with E-state index in [2.05, 4.69) is 24.1 Å². The predicted octanol–water partition coefficient (Wildman–Crippen LogP) is 5.98. The molecule has 2 heterocycles. The van der Waals surface area contributed by atoms with Gasteiger partial charge in [-0.05, 0) is 86.9 Å². The van der Waals surface area contributed by atoms with E-state index >= 15 is 0 Å². The largest absolute Gasteiger partial charge is 0.494 e. The molecule has 35 heavy (non-hydrogen) atoms. The molecule has 0 spiro atoms. The van der Waals surface area contributed by atoms with E-state index in [1.54, 1.807) is 12.1 Å². The van der Waals surface area contributed by atoms with Gasteiger partial charge in [0.05, 0.1) is 12.2 Å². The van der Waals surface area contributed by atoms with Crippen molar-refractivity contribution < 1.29 is 14.3 Å². The molecule has 0 bridgehead atoms. The minimum absolute atomic E-state index is 0.0722. The zero-order valence-electron chi connectivity index (χ0n) is 21.2. The summed E-state index contributed by atoms with van der Waals surface area (Å²) in [7, 11) is 0. The van der Waals surface area contributed by atoms with Gasteiger partial charge in [-0.2, -0.15) is 0 Å². The van der Waals surface area contributed by atoms with E-state index in [1.165, 1.54) is 6.42 Å². The third kappa shape index (κ3) is 6.56. The molecule has 2 aromatic rings. The second-order valence-corrected chi connectivity index (χ2v) is 9.93. The van der Waals surface area contributed by atoms with Crippen molar-refractivity contribution in [3.63, 3.8) is 0 Å². The molecule has 4 rings (SSSR count). The fraction of sp³-hybridized carbons (Fsp3) is 0.517. The summed E-state index contributed by atoms with van der Waals surface area (Å²) in [6.45, 7) is 8.62. The number of piperidine rings is 2. The monoisotopic (exact) mass is 477 g/mol. The van der Waals surface area contributed by atoms with E-state index in [-0.39, 0.29) is 11.8 Å². The van der Waals surface area contributed by atoms with Gasteiger partial charge in [-0.1, -0.05) is 20.3 Å². The smallest absolute Gasteiger partial charge is 0.256 e. The average Bonchev–Trinajstić information content (AvgIpc) is 2.90. The molecule has 2 fully saturated rings. The molecule has 6 heteroatoms. The molecule has 2 aromatic carbocycles. The lowest BCUT2D eigenvalue weighted by Gasteiger charge is -2.35. The fourth-order valence-electron chi connectivity index (χ4n) is 4.82. The number of unbranched alkanes of at least 4 members (excludes halogenated alkanes) is 1. The topological polar surface area (TPSA) is 61.9 Å². The van der Waals surface area contributed by atoms with Gasteiger partial charge in [0, 0.05) is 43.1 Å². The lowest BCUT2D eigenvalue weighted by Crippen LogP contribution is -2.38. The van der Waals surface area contributed by atoms with Crippen molar-refractivity contribution in [2.24, 2.45) is 5.92 Å². The maximum absolute atomic E-state index is 13.6. The van der Waals surface area contributed by atoms with Crippen LogP contribution < -0.4 is 15.0 Å². The third-order valence-electron chi connectivity index (χ3n) is 7.14. The summed E-state index contributed by atoms with van der Waals surface area (Å²) in [5.41, 5.74) is 2.89. The molecule has 0 saturated carbocycles. The Labute approximate surface area is 209 Å². The second kappa shape index (κ2) is 12.1. The maximum atomic E-state index is 13.6. The van der Waals surface area contributed by atoms with Crippen LogP contribution >= 0.6 is 0 Å². The van der Waals surface area contributed by atoms with Gasteiger partial charge in [-0.3, -0.25) is 9.59 Å². The number of benzene rings is 2. The molecule has 2 aliphatic rings. The first-order valence-corrected chi connectivity index (χ1v) is 13.3. The Kier molecular flexibility index (Phi) is 8.67. The minimum atomic E-state index is -0.193. The Morgan fingerprint density at radius 1 is 0.971 bits per heavy atom. The van der Waals surface area contributed by atoms with Crippen LogP contribution in [0.1, 0.15) is 79.5 Å². The van der Waals surface area contributed by atoms with Gasteiger partial charge in [0.15, 0.2) is 0 Å². The Morgan fingerprint density at radius 2 is 1.69 bits per heavy atom. The molecule has 6 nitrogen and oxygen atoms in total. The molecule has 188 valence electrons. The summed E-state index contributed by atoms with van der Waals surface area (Å²) in [5.74, 6) is 1.36. The number of amides is 2. The number of rotatable bonds is 8. The van der Waals surface area contributed by atoms with Gasteiger partial charge in [-0.25, -0.2) is 0 Å². The Balaban J connectivity index is 1.51. The Morgan fingerprint density at radius 3 is 2.37 bits per heavy atom. The summed E-state index contributed by atoms with van der Waals surface area (Å²) in [5, 5.41) is 3.00. The SMILES string of the molecule is CCCCOc1ccc(C(=O)Nc2ccc(N3CCC(C)CC3)c(C(=O)N3CCCCC3)c2)cc1. The van der Waals surface area contributed by atoms with E-state index < -0.39 is 0 Å². The summed E-state index contributed by atoms with van der Waals surface area (Å²) >= 11 is 0. The fourth-order valence-corrected chi connectivity index (χ4v) is 4.82. The van der Waals surface area contributed by atoms with Crippen molar-refractivity contribution in [1.82, 2.24) is 4.90 Å². The first-order valence-electron chi connectivity index (χ1n) is 13.3. The summed E-state index contributed by atoms with van der Waals surface area (Å²) in [4.78, 5) is 30.8. The molecule has 0 atom stereocenters. The van der Waals surface area contributed by atoms with E-state index in [4.69, 9.17) is 4.74 Å². The summed E-state index contributed by atoms with van der Waals surface area (Å²) in [6, 6.07) is 13.0. The van der Waals surface area contributed by atoms with Gasteiger partial charge >= 0.3 is 0 Å². The van der Waals surface area contributed by atoms with Gasteiger partial charge in [-0.15, -0.1) is 0 Å². The van der Waals surface area contributed by atoms with Crippen LogP contribution in [0.4, 0.5) is 11.4 Å². The number of nitrogens with one attached hydrogen (secondary N) is 1. The zero-order chi connectivity index (χ0) is 24.6. The highest BCUT2D eigenvalue weighted by Gasteiger charge is 2.25. The van der Waals surface area contributed by atoms with E-state index in [1.807, 2.05) is 35.2 Å². The van der Waals surface area contributed by atoms with Crippen LogP contribution in [0.15, 0.2) is 42.5 Å². The van der Waals surface area contributed by atoms with Crippen molar-refractivity contribution in [2.45, 2.75) is 58.8 Å². The van der Waals surface area contributed by atoms with E-state index in [9.17, 15) is 9.59 Å². The lowest BCUT2D eigenvalue weighted by atomic mass is 9.97. The molecule has 0 radical (unpaired) electrons. The van der Waals surface area contributed by atoms with Crippen LogP contribution in [-0.2, 0) is 0 Å². The van der Waals surface area contributed by atoms with Crippen molar-refractivity contribution in [2.75, 3.05) is 43.0 Å². The quantitative estimate of drug-likeness (QED) is 0.475. The van der Waals surface area contributed by atoms with Crippen molar-refractivity contribution >= 4 is 23.2 Å². The highest BCUT2D eigenvalue weighted by Crippen LogP contribution is 2.30. The molecule has 0 aliphatic carbocycles. The molecular weight excluding hydrogens is 438 g/mol. The first kappa shape index (κ1) is 25.1. The summed E-state index contributed by atoms with van der Waals surface area (Å²) < 4.78 is 5.70. The number of hydrogen-bond acceptors (Lipinski definition) is 4. The van der Waals surface area contributed by atoms with Gasteiger partial charge in [0.1, 0.15) is 5.75 Å². The number of likely N-dealkylation sites (tertiary alicyclic amines) is 1. The number of ether oxygens (including phenoxy) is 1. The molecular formula is C29H39N3O3. The second-order valence-electron chi connectivity index (χ2n) is 9.93. The van der Waals surface area contributed by atoms with Gasteiger partial charge in [0.25, 0.3) is 11.8 Å². The number of carbonyl (C=O) groups is 2. The number of hydrogen-bond donors (Lipinski definition) is 1. The van der Waals surface area contributed by atoms with Crippen molar-refractivity contribution in [1.29, 1.82) is 0 Å². The van der Waals surface area contributed by atoms with Crippen LogP contribution in [0.5, 0.6) is 5.75 Å². The maximum Gasteiger partial charge on any atom is 0.256 e. The lowest BCUT2D eigenvalue weighted by molar-refractivity contribution is 0.0724. The van der Waals surface area contributed by atoms with Crippen LogP contribution in [-0.4, -0.2) is 49.5 Å². The van der Waals surface area contributed by atoms with Crippen LogP contribution in [0.3, 0.4) is 0 Å². The van der Waals surface area contributed by atoms with Crippen molar-refractivity contribution in [3.05, 3.63) is 53.6 Å². The van der Waals surface area contributed by atoms with Crippen molar-refractivity contribution in [3.8, 4) is 5.75 Å². The number of anilines is 2. The number of nitrogens with zero attached hydrogens (tertiary/aromatic N) is 2. The van der Waals surface area contributed by atoms with E-state index in [0.29, 0.717) is 23.4 Å². The third-order valence-corrected chi connectivity index (χ3v) is 7.14. The minimum Gasteiger partial charge on any atom is -0.494 e. The molecule has 2 amide bonds. The van der Waals surface area contributed by atoms with E-state index in [0.717, 1.165) is 82.1 Å². The zero-order valence-corrected chi connectivity index (χ0v) is 21.2. The van der Waals surface area contributed by atoms with Crippen LogP contribution in [0, 0.1) is 5.92 Å². The van der Waals surface area contributed by atoms with Gasteiger partial charge in [0.2, 0.25) is 0 Å². The molecule has 2 saturated heterocycles. The Hall–Kier alpha value is -3.02. The van der Waals surface area contributed by atoms with Gasteiger partial charge < -0.3 is 19.9 Å². The highest BCUT2D eigenvalue weighted by atomic mass is 16.5. The first-order chi connectivity index (χ1) is 17.0. The molecule has 1 N–H and O–H groups in total. The Bertz CT molecular complexity index is 991. The highest BCUT2D eigenvalue weighted by molar-refractivity contribution is 6.06. The van der Waals surface area contributed by atoms with Crippen LogP contribution in [0.2, 0.25) is 0 Å². The normalized spacial score (nSPS) is 16.7. The number of carbonyl (C=O) groups excluding carboxylic acids is 2. The molecule has 2 aliphatic heterocycles. The van der Waals surface area contributed by atoms with Crippen LogP contribution in [0.25, 0.3) is 0 Å². The average molecular weight is 478 g/mol. The molecule has 0 aromatic heterocycles.